The van der Waals surface area contributed by atoms with Gasteiger partial charge in [0.2, 0.25) is 0 Å². The highest BCUT2D eigenvalue weighted by Crippen LogP contribution is 2.15. The SMILES string of the molecule is CCCO/N=C/COc1ccc(Cc2ccccc2)cc1. The minimum atomic E-state index is 0.418. The fraction of sp³-hybridized carbons (Fsp3) is 0.278. The zero-order valence-corrected chi connectivity index (χ0v) is 12.4. The second kappa shape index (κ2) is 8.80. The summed E-state index contributed by atoms with van der Waals surface area (Å²) in [5.74, 6) is 0.841. The molecule has 0 bridgehead atoms. The molecule has 0 aliphatic carbocycles. The summed E-state index contributed by atoms with van der Waals surface area (Å²) in [5.41, 5.74) is 2.58. The van der Waals surface area contributed by atoms with Crippen LogP contribution in [0.3, 0.4) is 0 Å². The average molecular weight is 283 g/mol. The molecule has 0 heterocycles. The first kappa shape index (κ1) is 15.1. The summed E-state index contributed by atoms with van der Waals surface area (Å²) in [6.07, 6.45) is 3.53. The molecular formula is C18H21NO2. The third-order valence-electron chi connectivity index (χ3n) is 2.94. The Labute approximate surface area is 126 Å². The third kappa shape index (κ3) is 5.69. The summed E-state index contributed by atoms with van der Waals surface area (Å²) in [5, 5.41) is 3.80. The number of oxime groups is 1. The lowest BCUT2D eigenvalue weighted by Gasteiger charge is -2.05. The molecule has 2 aromatic carbocycles. The molecule has 3 heteroatoms. The van der Waals surface area contributed by atoms with Gasteiger partial charge in [0.15, 0.2) is 0 Å². The Morgan fingerprint density at radius 3 is 2.38 bits per heavy atom. The number of nitrogens with zero attached hydrogens (tertiary/aromatic N) is 1. The first-order valence-electron chi connectivity index (χ1n) is 7.28. The van der Waals surface area contributed by atoms with Gasteiger partial charge in [-0.2, -0.15) is 0 Å². The van der Waals surface area contributed by atoms with Crippen LogP contribution in [0.5, 0.6) is 5.75 Å². The summed E-state index contributed by atoms with van der Waals surface area (Å²) < 4.78 is 5.56. The summed E-state index contributed by atoms with van der Waals surface area (Å²) in [6.45, 7) is 3.11. The number of ether oxygens (including phenoxy) is 1. The number of rotatable bonds is 8. The largest absolute Gasteiger partial charge is 0.488 e. The summed E-state index contributed by atoms with van der Waals surface area (Å²) in [7, 11) is 0. The molecule has 3 nitrogen and oxygen atoms in total. The highest BCUT2D eigenvalue weighted by Gasteiger charge is 1.97. The molecule has 0 saturated heterocycles. The van der Waals surface area contributed by atoms with E-state index in [0.29, 0.717) is 13.2 Å². The van der Waals surface area contributed by atoms with Crippen molar-refractivity contribution < 1.29 is 9.57 Å². The topological polar surface area (TPSA) is 30.8 Å². The second-order valence-electron chi connectivity index (χ2n) is 4.74. The lowest BCUT2D eigenvalue weighted by Crippen LogP contribution is -1.99. The van der Waals surface area contributed by atoms with Crippen molar-refractivity contribution in [1.29, 1.82) is 0 Å². The van der Waals surface area contributed by atoms with E-state index in [4.69, 9.17) is 9.57 Å². The van der Waals surface area contributed by atoms with Gasteiger partial charge in [0, 0.05) is 0 Å². The van der Waals surface area contributed by atoms with Crippen LogP contribution < -0.4 is 4.74 Å². The van der Waals surface area contributed by atoms with Gasteiger partial charge in [-0.25, -0.2) is 0 Å². The molecule has 21 heavy (non-hydrogen) atoms. The molecule has 0 aliphatic rings. The van der Waals surface area contributed by atoms with Crippen LogP contribution in [-0.4, -0.2) is 19.4 Å². The number of hydrogen-bond acceptors (Lipinski definition) is 3. The molecule has 0 aromatic heterocycles. The van der Waals surface area contributed by atoms with Crippen molar-refractivity contribution >= 4 is 6.21 Å². The maximum absolute atomic E-state index is 5.56. The molecule has 2 aromatic rings. The van der Waals surface area contributed by atoms with Crippen LogP contribution in [0.15, 0.2) is 59.8 Å². The van der Waals surface area contributed by atoms with Gasteiger partial charge >= 0.3 is 0 Å². The van der Waals surface area contributed by atoms with E-state index in [2.05, 4.69) is 41.6 Å². The molecule has 2 rings (SSSR count). The van der Waals surface area contributed by atoms with E-state index in [9.17, 15) is 0 Å². The first-order chi connectivity index (χ1) is 10.4. The minimum Gasteiger partial charge on any atom is -0.488 e. The maximum Gasteiger partial charge on any atom is 0.127 e. The monoisotopic (exact) mass is 283 g/mol. The van der Waals surface area contributed by atoms with Gasteiger partial charge < -0.3 is 9.57 Å². The van der Waals surface area contributed by atoms with E-state index in [1.54, 1.807) is 6.21 Å². The predicted octanol–water partition coefficient (Wildman–Crippen LogP) is 4.07. The van der Waals surface area contributed by atoms with Gasteiger partial charge in [-0.05, 0) is 36.1 Å². The van der Waals surface area contributed by atoms with Gasteiger partial charge in [0.05, 0.1) is 6.21 Å². The standard InChI is InChI=1S/C18H21NO2/c1-2-13-21-19-12-14-20-18-10-8-17(9-11-18)15-16-6-4-3-5-7-16/h3-12H,2,13-15H2,1H3/b19-12+. The molecule has 0 atom stereocenters. The van der Waals surface area contributed by atoms with Crippen molar-refractivity contribution in [3.8, 4) is 5.75 Å². The van der Waals surface area contributed by atoms with Crippen molar-refractivity contribution in [3.63, 3.8) is 0 Å². The van der Waals surface area contributed by atoms with Crippen LogP contribution in [0.4, 0.5) is 0 Å². The Balaban J connectivity index is 1.78. The Kier molecular flexibility index (Phi) is 6.33. The molecule has 0 saturated carbocycles. The zero-order chi connectivity index (χ0) is 14.8. The summed E-state index contributed by atoms with van der Waals surface area (Å²) >= 11 is 0. The van der Waals surface area contributed by atoms with Crippen molar-refractivity contribution in [2.75, 3.05) is 13.2 Å². The quantitative estimate of drug-likeness (QED) is 0.415. The van der Waals surface area contributed by atoms with Crippen molar-refractivity contribution in [3.05, 3.63) is 65.7 Å². The summed E-state index contributed by atoms with van der Waals surface area (Å²) in [4.78, 5) is 5.00. The predicted molar refractivity (Wildman–Crippen MR) is 85.9 cm³/mol. The van der Waals surface area contributed by atoms with Crippen LogP contribution in [0.2, 0.25) is 0 Å². The van der Waals surface area contributed by atoms with E-state index >= 15 is 0 Å². The normalized spacial score (nSPS) is 10.7. The Morgan fingerprint density at radius 1 is 0.952 bits per heavy atom. The highest BCUT2D eigenvalue weighted by molar-refractivity contribution is 5.58. The Bertz CT molecular complexity index is 535. The first-order valence-corrected chi connectivity index (χ1v) is 7.28. The van der Waals surface area contributed by atoms with Gasteiger partial charge in [-0.3, -0.25) is 0 Å². The molecule has 0 amide bonds. The fourth-order valence-corrected chi connectivity index (χ4v) is 1.90. The van der Waals surface area contributed by atoms with E-state index in [1.807, 2.05) is 25.1 Å². The van der Waals surface area contributed by atoms with Crippen LogP contribution in [0, 0.1) is 0 Å². The van der Waals surface area contributed by atoms with E-state index in [0.717, 1.165) is 18.6 Å². The lowest BCUT2D eigenvalue weighted by atomic mass is 10.1. The van der Waals surface area contributed by atoms with Crippen molar-refractivity contribution in [2.45, 2.75) is 19.8 Å². The van der Waals surface area contributed by atoms with Crippen LogP contribution >= 0.6 is 0 Å². The molecule has 0 fully saturated rings. The highest BCUT2D eigenvalue weighted by atomic mass is 16.6. The van der Waals surface area contributed by atoms with E-state index in [-0.39, 0.29) is 0 Å². The van der Waals surface area contributed by atoms with E-state index in [1.165, 1.54) is 11.1 Å². The van der Waals surface area contributed by atoms with Crippen LogP contribution in [-0.2, 0) is 11.3 Å². The Hall–Kier alpha value is -2.29. The van der Waals surface area contributed by atoms with Gasteiger partial charge in [0.1, 0.15) is 19.0 Å². The Morgan fingerprint density at radius 2 is 1.67 bits per heavy atom. The molecular weight excluding hydrogens is 262 g/mol. The second-order valence-corrected chi connectivity index (χ2v) is 4.74. The van der Waals surface area contributed by atoms with E-state index < -0.39 is 0 Å². The molecule has 0 N–H and O–H groups in total. The van der Waals surface area contributed by atoms with Crippen LogP contribution in [0.1, 0.15) is 24.5 Å². The summed E-state index contributed by atoms with van der Waals surface area (Å²) in [6, 6.07) is 18.6. The van der Waals surface area contributed by atoms with Crippen molar-refractivity contribution in [2.24, 2.45) is 5.16 Å². The minimum absolute atomic E-state index is 0.418. The molecule has 0 aliphatic heterocycles. The van der Waals surface area contributed by atoms with Crippen LogP contribution in [0.25, 0.3) is 0 Å². The average Bonchev–Trinajstić information content (AvgIpc) is 2.53. The lowest BCUT2D eigenvalue weighted by molar-refractivity contribution is 0.145. The van der Waals surface area contributed by atoms with Gasteiger partial charge in [-0.15, -0.1) is 0 Å². The maximum atomic E-state index is 5.56. The van der Waals surface area contributed by atoms with Crippen molar-refractivity contribution in [1.82, 2.24) is 0 Å². The third-order valence-corrected chi connectivity index (χ3v) is 2.94. The molecule has 0 radical (unpaired) electrons. The fourth-order valence-electron chi connectivity index (χ4n) is 1.90. The van der Waals surface area contributed by atoms with Gasteiger partial charge in [0.25, 0.3) is 0 Å². The molecule has 110 valence electrons. The molecule has 0 spiro atoms. The van der Waals surface area contributed by atoms with Gasteiger partial charge in [-0.1, -0.05) is 54.5 Å². The number of benzene rings is 2. The molecule has 0 unspecified atom stereocenters. The number of hydrogen-bond donors (Lipinski definition) is 0. The smallest absolute Gasteiger partial charge is 0.127 e. The zero-order valence-electron chi connectivity index (χ0n) is 12.4.